The Kier molecular flexibility index (Phi) is 4.30. The number of rotatable bonds is 1. The Morgan fingerprint density at radius 1 is 1.13 bits per heavy atom. The van der Waals surface area contributed by atoms with Crippen molar-refractivity contribution >= 4 is 35.9 Å². The minimum Gasteiger partial charge on any atom is -1.00 e. The van der Waals surface area contributed by atoms with Crippen LogP contribution in [-0.2, 0) is 4.74 Å². The topological polar surface area (TPSA) is 12.2 Å². The molecule has 0 saturated carbocycles. The molecule has 2 aromatic carbocycles. The maximum absolute atomic E-state index is 6.09. The first-order valence-corrected chi connectivity index (χ1v) is 10.8. The summed E-state index contributed by atoms with van der Waals surface area (Å²) in [6.07, 6.45) is 1.08. The largest absolute Gasteiger partial charge is 1.00 e. The highest BCUT2D eigenvalue weighted by Crippen LogP contribution is 2.20. The van der Waals surface area contributed by atoms with Gasteiger partial charge in [0, 0.05) is 5.02 Å². The Hall–Kier alpha value is -1.29. The number of nitrogens with zero attached hydrogens (tertiary/aromatic N) is 1. The van der Waals surface area contributed by atoms with Gasteiger partial charge in [0.15, 0.2) is 21.2 Å². The van der Waals surface area contributed by atoms with Crippen LogP contribution in [0.25, 0.3) is 0 Å². The molecule has 0 saturated heterocycles. The summed E-state index contributed by atoms with van der Waals surface area (Å²) in [4.78, 5) is 0. The SMILES string of the molecule is Cc1ccc2c(c1)[Si](C)(c1ccc(Cl)cc1)C[N+]1=C2OCC1.[Cl-]. The fourth-order valence-electron chi connectivity index (χ4n) is 3.68. The van der Waals surface area contributed by atoms with Crippen molar-refractivity contribution < 1.29 is 21.7 Å². The number of halogens is 2. The Labute approximate surface area is 149 Å². The van der Waals surface area contributed by atoms with Crippen molar-refractivity contribution in [2.24, 2.45) is 0 Å². The molecule has 2 aromatic rings. The molecule has 0 radical (unpaired) electrons. The second-order valence-electron chi connectivity index (χ2n) is 6.46. The van der Waals surface area contributed by atoms with E-state index in [-0.39, 0.29) is 12.4 Å². The normalized spacial score (nSPS) is 22.0. The Bertz CT molecular complexity index is 788. The van der Waals surface area contributed by atoms with Crippen molar-refractivity contribution in [3.63, 3.8) is 0 Å². The second kappa shape index (κ2) is 5.97. The van der Waals surface area contributed by atoms with Crippen LogP contribution in [0.3, 0.4) is 0 Å². The lowest BCUT2D eigenvalue weighted by Crippen LogP contribution is -3.00. The van der Waals surface area contributed by atoms with Gasteiger partial charge in [0.25, 0.3) is 0 Å². The van der Waals surface area contributed by atoms with Crippen molar-refractivity contribution in [2.75, 3.05) is 19.3 Å². The predicted molar refractivity (Wildman–Crippen MR) is 93.6 cm³/mol. The molecule has 2 nitrogen and oxygen atoms in total. The Balaban J connectivity index is 0.00000156. The van der Waals surface area contributed by atoms with Crippen molar-refractivity contribution in [3.8, 4) is 0 Å². The molecule has 2 heterocycles. The van der Waals surface area contributed by atoms with Crippen LogP contribution in [-0.4, -0.2) is 37.9 Å². The minimum absolute atomic E-state index is 0. The monoisotopic (exact) mass is 363 g/mol. The van der Waals surface area contributed by atoms with Crippen LogP contribution in [0.5, 0.6) is 0 Å². The molecule has 2 aliphatic rings. The van der Waals surface area contributed by atoms with Gasteiger partial charge in [-0.15, -0.1) is 0 Å². The minimum atomic E-state index is -1.81. The maximum Gasteiger partial charge on any atom is 0.369 e. The Morgan fingerprint density at radius 3 is 2.61 bits per heavy atom. The van der Waals surface area contributed by atoms with Gasteiger partial charge >= 0.3 is 5.90 Å². The van der Waals surface area contributed by atoms with Gasteiger partial charge in [-0.25, -0.2) is 0 Å². The summed E-state index contributed by atoms with van der Waals surface area (Å²) in [7, 11) is -1.81. The zero-order valence-corrected chi connectivity index (χ0v) is 15.8. The molecule has 0 amide bonds. The van der Waals surface area contributed by atoms with E-state index >= 15 is 0 Å². The maximum atomic E-state index is 6.09. The van der Waals surface area contributed by atoms with E-state index in [0.717, 1.165) is 30.2 Å². The first-order valence-electron chi connectivity index (χ1n) is 7.70. The van der Waals surface area contributed by atoms with E-state index in [4.69, 9.17) is 16.3 Å². The summed E-state index contributed by atoms with van der Waals surface area (Å²) >= 11 is 6.09. The van der Waals surface area contributed by atoms with Crippen molar-refractivity contribution in [1.82, 2.24) is 0 Å². The van der Waals surface area contributed by atoms with Gasteiger partial charge in [0.1, 0.15) is 6.17 Å². The highest BCUT2D eigenvalue weighted by atomic mass is 35.5. The van der Waals surface area contributed by atoms with Crippen LogP contribution in [0.1, 0.15) is 11.1 Å². The lowest BCUT2D eigenvalue weighted by atomic mass is 10.1. The summed E-state index contributed by atoms with van der Waals surface area (Å²) in [6.45, 7) is 6.43. The molecule has 0 N–H and O–H groups in total. The summed E-state index contributed by atoms with van der Waals surface area (Å²) in [5.41, 5.74) is 2.61. The van der Waals surface area contributed by atoms with E-state index in [1.165, 1.54) is 21.5 Å². The van der Waals surface area contributed by atoms with Crippen molar-refractivity contribution in [2.45, 2.75) is 13.5 Å². The zero-order chi connectivity index (χ0) is 15.3. The molecule has 0 aromatic heterocycles. The first kappa shape index (κ1) is 16.6. The third-order valence-electron chi connectivity index (χ3n) is 4.88. The van der Waals surface area contributed by atoms with Crippen LogP contribution >= 0.6 is 11.6 Å². The van der Waals surface area contributed by atoms with Crippen LogP contribution in [0.4, 0.5) is 0 Å². The molecule has 4 rings (SSSR count). The molecular weight excluding hydrogens is 345 g/mol. The molecule has 1 atom stereocenters. The molecule has 120 valence electrons. The van der Waals surface area contributed by atoms with Crippen molar-refractivity contribution in [3.05, 3.63) is 58.6 Å². The van der Waals surface area contributed by atoms with Crippen LogP contribution in [0, 0.1) is 6.92 Å². The van der Waals surface area contributed by atoms with Gasteiger partial charge in [-0.05, 0) is 35.5 Å². The third kappa shape index (κ3) is 2.61. The molecule has 0 fully saturated rings. The highest BCUT2D eigenvalue weighted by Gasteiger charge is 2.47. The van der Waals surface area contributed by atoms with Gasteiger partial charge < -0.3 is 17.1 Å². The van der Waals surface area contributed by atoms with Gasteiger partial charge in [0.2, 0.25) is 0 Å². The molecule has 0 spiro atoms. The summed E-state index contributed by atoms with van der Waals surface area (Å²) in [6, 6.07) is 15.2. The van der Waals surface area contributed by atoms with E-state index in [2.05, 4.69) is 48.4 Å². The third-order valence-corrected chi connectivity index (χ3v) is 9.35. The van der Waals surface area contributed by atoms with E-state index < -0.39 is 8.07 Å². The summed E-state index contributed by atoms with van der Waals surface area (Å²) < 4.78 is 8.34. The Morgan fingerprint density at radius 2 is 1.87 bits per heavy atom. The highest BCUT2D eigenvalue weighted by molar-refractivity contribution is 7.02. The standard InChI is InChI=1S/C18H19ClNOSi.ClH/c1-13-3-8-16-17(11-13)22(2,12-20-9-10-21-18(16)20)15-6-4-14(19)5-7-15;/h3-8,11H,9-10,12H2,1-2H3;1H/q+1;/p-1. The average Bonchev–Trinajstić information content (AvgIpc) is 2.96. The molecule has 0 aliphatic carbocycles. The lowest BCUT2D eigenvalue weighted by Gasteiger charge is -2.30. The van der Waals surface area contributed by atoms with E-state index in [9.17, 15) is 0 Å². The van der Waals surface area contributed by atoms with Gasteiger partial charge in [-0.1, -0.05) is 48.0 Å². The molecule has 1 unspecified atom stereocenters. The fourth-order valence-corrected chi connectivity index (χ4v) is 7.77. The predicted octanol–water partition coefficient (Wildman–Crippen LogP) is -0.813. The van der Waals surface area contributed by atoms with Crippen LogP contribution in [0.2, 0.25) is 11.6 Å². The van der Waals surface area contributed by atoms with Gasteiger partial charge in [-0.2, -0.15) is 4.58 Å². The number of hydrogen-bond donors (Lipinski definition) is 0. The van der Waals surface area contributed by atoms with Gasteiger partial charge in [-0.3, -0.25) is 0 Å². The smallest absolute Gasteiger partial charge is 0.369 e. The quantitative estimate of drug-likeness (QED) is 0.476. The zero-order valence-electron chi connectivity index (χ0n) is 13.3. The number of benzene rings is 2. The van der Waals surface area contributed by atoms with Crippen LogP contribution in [0.15, 0.2) is 42.5 Å². The fraction of sp³-hybridized carbons (Fsp3) is 0.278. The molecular formula is C18H19Cl2NOSi. The molecule has 2 aliphatic heterocycles. The number of hydrogen-bond acceptors (Lipinski definition) is 1. The second-order valence-corrected chi connectivity index (χ2v) is 11.0. The number of fused-ring (bicyclic) bond motifs is 2. The molecule has 0 bridgehead atoms. The average molecular weight is 364 g/mol. The number of ether oxygens (including phenoxy) is 1. The number of aryl methyl sites for hydroxylation is 1. The van der Waals surface area contributed by atoms with Crippen molar-refractivity contribution in [1.29, 1.82) is 0 Å². The summed E-state index contributed by atoms with van der Waals surface area (Å²) in [5.74, 6) is 1.08. The first-order chi connectivity index (χ1) is 10.6. The van der Waals surface area contributed by atoms with Crippen LogP contribution < -0.4 is 22.8 Å². The van der Waals surface area contributed by atoms with Gasteiger partial charge in [0.05, 0.1) is 5.56 Å². The van der Waals surface area contributed by atoms with E-state index in [0.29, 0.717) is 0 Å². The molecule has 5 heteroatoms. The molecule has 23 heavy (non-hydrogen) atoms. The summed E-state index contributed by atoms with van der Waals surface area (Å²) in [5, 5.41) is 3.73. The van der Waals surface area contributed by atoms with E-state index in [1.54, 1.807) is 0 Å². The van der Waals surface area contributed by atoms with E-state index in [1.807, 2.05) is 12.1 Å². The lowest BCUT2D eigenvalue weighted by molar-refractivity contribution is -0.501.